The van der Waals surface area contributed by atoms with Gasteiger partial charge >= 0.3 is 0 Å². The summed E-state index contributed by atoms with van der Waals surface area (Å²) in [6.45, 7) is 5.13. The lowest BCUT2D eigenvalue weighted by molar-refractivity contribution is -0.693. The Bertz CT molecular complexity index is 689. The van der Waals surface area contributed by atoms with E-state index in [2.05, 4.69) is 16.5 Å². The number of hydrogen-bond acceptors (Lipinski definition) is 2. The predicted octanol–water partition coefficient (Wildman–Crippen LogP) is 0.115. The van der Waals surface area contributed by atoms with E-state index in [9.17, 15) is 0 Å². The molecule has 0 atom stereocenters. The number of hydrogen-bond donors (Lipinski definition) is 0. The van der Waals surface area contributed by atoms with Crippen LogP contribution in [0.5, 0.6) is 0 Å². The van der Waals surface area contributed by atoms with E-state index in [1.165, 1.54) is 5.56 Å². The third-order valence-corrected chi connectivity index (χ3v) is 3.05. The maximum Gasteiger partial charge on any atom is 0.227 e. The van der Waals surface area contributed by atoms with Gasteiger partial charge in [-0.1, -0.05) is 6.07 Å². The van der Waals surface area contributed by atoms with E-state index in [1.54, 1.807) is 0 Å². The lowest BCUT2D eigenvalue weighted by Gasteiger charge is -1.93. The minimum atomic E-state index is 0. The van der Waals surface area contributed by atoms with Gasteiger partial charge in [-0.2, -0.15) is 0 Å². The van der Waals surface area contributed by atoms with Crippen LogP contribution < -0.4 is 28.5 Å². The maximum atomic E-state index is 5.79. The van der Waals surface area contributed by atoms with Crippen molar-refractivity contribution in [1.82, 2.24) is 4.98 Å². The Morgan fingerprint density at radius 3 is 2.58 bits per heavy atom. The zero-order valence-corrected chi connectivity index (χ0v) is 13.1. The van der Waals surface area contributed by atoms with Crippen molar-refractivity contribution in [2.24, 2.45) is 0 Å². The van der Waals surface area contributed by atoms with Crippen LogP contribution in [0.1, 0.15) is 12.5 Å². The third-order valence-electron chi connectivity index (χ3n) is 3.05. The quantitative estimate of drug-likeness (QED) is 0.476. The van der Waals surface area contributed by atoms with Crippen molar-refractivity contribution in [1.29, 1.82) is 0 Å². The molecule has 0 N–H and O–H groups in total. The van der Waals surface area contributed by atoms with Gasteiger partial charge in [-0.25, -0.2) is 9.55 Å². The molecule has 0 saturated carbocycles. The Hall–Kier alpha value is -1.43. The van der Waals surface area contributed by atoms with Crippen molar-refractivity contribution >= 4 is 11.1 Å². The van der Waals surface area contributed by atoms with Crippen LogP contribution in [0.25, 0.3) is 22.6 Å². The van der Waals surface area contributed by atoms with Gasteiger partial charge < -0.3 is 28.4 Å². The van der Waals surface area contributed by atoms with Crippen LogP contribution in [0.4, 0.5) is 0 Å². The van der Waals surface area contributed by atoms with Crippen LogP contribution in [-0.2, 0) is 6.54 Å². The van der Waals surface area contributed by atoms with Crippen LogP contribution in [0.3, 0.4) is 0 Å². The number of nitrogens with zero attached hydrogens (tertiary/aromatic N) is 2. The molecule has 2 heterocycles. The minimum absolute atomic E-state index is 0. The minimum Gasteiger partial charge on any atom is -1.00 e. The second kappa shape index (κ2) is 5.69. The average molecular weight is 366 g/mol. The summed E-state index contributed by atoms with van der Waals surface area (Å²) in [4.78, 5) is 4.50. The van der Waals surface area contributed by atoms with Crippen LogP contribution in [0.15, 0.2) is 47.1 Å². The van der Waals surface area contributed by atoms with Gasteiger partial charge in [0.2, 0.25) is 5.89 Å². The fourth-order valence-corrected chi connectivity index (χ4v) is 1.97. The van der Waals surface area contributed by atoms with Crippen LogP contribution in [-0.4, -0.2) is 4.98 Å². The number of fused-ring (bicyclic) bond motifs is 1. The summed E-state index contributed by atoms with van der Waals surface area (Å²) < 4.78 is 7.90. The van der Waals surface area contributed by atoms with E-state index >= 15 is 0 Å². The van der Waals surface area contributed by atoms with Gasteiger partial charge in [-0.15, -0.1) is 0 Å². The molecular formula is C15H15IN2O. The highest BCUT2D eigenvalue weighted by molar-refractivity contribution is 5.76. The highest BCUT2D eigenvalue weighted by Gasteiger charge is 2.09. The Kier molecular flexibility index (Phi) is 4.19. The SMILES string of the molecule is CC[n+]1ccc(-c2nc3ccc(C)cc3o2)cc1.[I-]. The maximum absolute atomic E-state index is 5.79. The first-order chi connectivity index (χ1) is 8.76. The first-order valence-corrected chi connectivity index (χ1v) is 6.13. The molecule has 0 fully saturated rings. The number of pyridine rings is 1. The molecule has 3 rings (SSSR count). The van der Waals surface area contributed by atoms with Crippen molar-refractivity contribution in [2.45, 2.75) is 20.4 Å². The molecule has 3 aromatic rings. The van der Waals surface area contributed by atoms with Crippen molar-refractivity contribution in [2.75, 3.05) is 0 Å². The van der Waals surface area contributed by atoms with Gasteiger partial charge in [0.15, 0.2) is 18.0 Å². The van der Waals surface area contributed by atoms with Crippen molar-refractivity contribution in [3.63, 3.8) is 0 Å². The largest absolute Gasteiger partial charge is 1.00 e. The van der Waals surface area contributed by atoms with Gasteiger partial charge in [-0.05, 0) is 31.5 Å². The molecule has 2 aromatic heterocycles. The molecule has 4 heteroatoms. The molecule has 0 aliphatic carbocycles. The van der Waals surface area contributed by atoms with Crippen LogP contribution >= 0.6 is 0 Å². The van der Waals surface area contributed by atoms with Crippen molar-refractivity contribution < 1.29 is 33.0 Å². The van der Waals surface area contributed by atoms with Crippen molar-refractivity contribution in [3.05, 3.63) is 48.3 Å². The fraction of sp³-hybridized carbons (Fsp3) is 0.200. The normalized spacial score (nSPS) is 10.4. The molecule has 0 radical (unpaired) electrons. The summed E-state index contributed by atoms with van der Waals surface area (Å²) in [5, 5.41) is 0. The molecule has 0 saturated heterocycles. The topological polar surface area (TPSA) is 29.9 Å². The lowest BCUT2D eigenvalue weighted by Crippen LogP contribution is -3.00. The smallest absolute Gasteiger partial charge is 0.227 e. The Balaban J connectivity index is 0.00000133. The molecule has 3 nitrogen and oxygen atoms in total. The number of aromatic nitrogens is 2. The van der Waals surface area contributed by atoms with Crippen molar-refractivity contribution in [3.8, 4) is 11.5 Å². The number of halogens is 1. The number of benzene rings is 1. The van der Waals surface area contributed by atoms with Gasteiger partial charge in [0.05, 0.1) is 0 Å². The fourth-order valence-electron chi connectivity index (χ4n) is 1.97. The molecule has 0 bridgehead atoms. The van der Waals surface area contributed by atoms with E-state index < -0.39 is 0 Å². The molecule has 1 aromatic carbocycles. The van der Waals surface area contributed by atoms with E-state index in [4.69, 9.17) is 4.42 Å². The van der Waals surface area contributed by atoms with Gasteiger partial charge in [0.1, 0.15) is 12.1 Å². The summed E-state index contributed by atoms with van der Waals surface area (Å²) in [7, 11) is 0. The summed E-state index contributed by atoms with van der Waals surface area (Å²) in [5.41, 5.74) is 3.94. The third kappa shape index (κ3) is 2.78. The Morgan fingerprint density at radius 2 is 1.89 bits per heavy atom. The lowest BCUT2D eigenvalue weighted by atomic mass is 10.2. The van der Waals surface area contributed by atoms with E-state index in [1.807, 2.05) is 49.6 Å². The number of rotatable bonds is 2. The Labute approximate surface area is 129 Å². The zero-order valence-electron chi connectivity index (χ0n) is 10.9. The molecule has 0 aliphatic heterocycles. The average Bonchev–Trinajstić information content (AvgIpc) is 2.81. The molecule has 19 heavy (non-hydrogen) atoms. The molecule has 0 unspecified atom stereocenters. The molecule has 0 amide bonds. The standard InChI is InChI=1S/C15H15N2O.HI/c1-3-17-8-6-12(7-9-17)15-16-13-5-4-11(2)10-14(13)18-15;/h4-10H,3H2,1-2H3;1H/q+1;/p-1. The second-order valence-corrected chi connectivity index (χ2v) is 4.41. The van der Waals surface area contributed by atoms with Gasteiger partial charge in [0.25, 0.3) is 0 Å². The van der Waals surface area contributed by atoms with E-state index in [-0.39, 0.29) is 24.0 Å². The summed E-state index contributed by atoms with van der Waals surface area (Å²) in [6, 6.07) is 10.1. The predicted molar refractivity (Wildman–Crippen MR) is 70.1 cm³/mol. The molecule has 0 spiro atoms. The second-order valence-electron chi connectivity index (χ2n) is 4.41. The summed E-state index contributed by atoms with van der Waals surface area (Å²) in [5.74, 6) is 0.679. The van der Waals surface area contributed by atoms with Gasteiger partial charge in [0, 0.05) is 17.7 Å². The highest BCUT2D eigenvalue weighted by atomic mass is 127. The highest BCUT2D eigenvalue weighted by Crippen LogP contribution is 2.23. The number of aryl methyl sites for hydroxylation is 2. The molecule has 98 valence electrons. The molecular weight excluding hydrogens is 351 g/mol. The van der Waals surface area contributed by atoms with Crippen LogP contribution in [0, 0.1) is 6.92 Å². The molecule has 0 aliphatic rings. The summed E-state index contributed by atoms with van der Waals surface area (Å²) in [6.07, 6.45) is 4.07. The zero-order chi connectivity index (χ0) is 12.5. The van der Waals surface area contributed by atoms with E-state index in [0.29, 0.717) is 5.89 Å². The van der Waals surface area contributed by atoms with Gasteiger partial charge in [-0.3, -0.25) is 0 Å². The van der Waals surface area contributed by atoms with E-state index in [0.717, 1.165) is 23.2 Å². The number of oxazole rings is 1. The Morgan fingerprint density at radius 1 is 1.16 bits per heavy atom. The van der Waals surface area contributed by atoms with Crippen LogP contribution in [0.2, 0.25) is 0 Å². The monoisotopic (exact) mass is 366 g/mol. The first kappa shape index (κ1) is 14.0. The summed E-state index contributed by atoms with van der Waals surface area (Å²) >= 11 is 0. The first-order valence-electron chi connectivity index (χ1n) is 6.13.